The van der Waals surface area contributed by atoms with E-state index in [-0.39, 0.29) is 0 Å². The van der Waals surface area contributed by atoms with E-state index in [1.54, 1.807) is 18.9 Å². The molecule has 3 rings (SSSR count). The summed E-state index contributed by atoms with van der Waals surface area (Å²) in [5, 5.41) is 5.13. The van der Waals surface area contributed by atoms with E-state index in [4.69, 9.17) is 21.1 Å². The van der Waals surface area contributed by atoms with Gasteiger partial charge in [0.1, 0.15) is 16.7 Å². The van der Waals surface area contributed by atoms with Crippen LogP contribution in [0.4, 0.5) is 0 Å². The number of halogens is 1. The standard InChI is InChI=1S/C18H24ClN3O2/c1-12-16(18(19)21(2)20-12)11-22-8-7-13(10-22)15-9-14(23-3)5-6-17(15)24-4/h5-6,9,13H,7-8,10-11H2,1-4H3/t13-/m0/s1. The fourth-order valence-corrected chi connectivity index (χ4v) is 3.70. The van der Waals surface area contributed by atoms with Crippen molar-refractivity contribution >= 4 is 11.6 Å². The zero-order valence-corrected chi connectivity index (χ0v) is 15.4. The smallest absolute Gasteiger partial charge is 0.131 e. The highest BCUT2D eigenvalue weighted by Crippen LogP contribution is 2.36. The Bertz CT molecular complexity index is 729. The van der Waals surface area contributed by atoms with E-state index >= 15 is 0 Å². The van der Waals surface area contributed by atoms with Gasteiger partial charge in [0, 0.05) is 37.2 Å². The van der Waals surface area contributed by atoms with Crippen LogP contribution < -0.4 is 9.47 Å². The zero-order valence-electron chi connectivity index (χ0n) is 14.7. The summed E-state index contributed by atoms with van der Waals surface area (Å²) in [5.74, 6) is 2.24. The highest BCUT2D eigenvalue weighted by atomic mass is 35.5. The highest BCUT2D eigenvalue weighted by Gasteiger charge is 2.28. The number of methoxy groups -OCH3 is 2. The molecule has 0 saturated carbocycles. The molecule has 1 atom stereocenters. The molecule has 1 aliphatic rings. The third kappa shape index (κ3) is 3.23. The predicted molar refractivity (Wildman–Crippen MR) is 95.1 cm³/mol. The van der Waals surface area contributed by atoms with Crippen LogP contribution in [0.5, 0.6) is 11.5 Å². The summed E-state index contributed by atoms with van der Waals surface area (Å²) in [6.07, 6.45) is 1.10. The van der Waals surface area contributed by atoms with Crippen molar-refractivity contribution in [1.29, 1.82) is 0 Å². The second-order valence-corrected chi connectivity index (χ2v) is 6.66. The van der Waals surface area contributed by atoms with Gasteiger partial charge in [0.15, 0.2) is 0 Å². The second-order valence-electron chi connectivity index (χ2n) is 6.31. The quantitative estimate of drug-likeness (QED) is 0.829. The van der Waals surface area contributed by atoms with Gasteiger partial charge in [0.05, 0.1) is 19.9 Å². The first-order valence-electron chi connectivity index (χ1n) is 8.15. The van der Waals surface area contributed by atoms with Crippen LogP contribution in [0.1, 0.15) is 29.2 Å². The fraction of sp³-hybridized carbons (Fsp3) is 0.500. The number of hydrogen-bond donors (Lipinski definition) is 0. The van der Waals surface area contributed by atoms with Crippen molar-refractivity contribution in [2.75, 3.05) is 27.3 Å². The Labute approximate surface area is 148 Å². The van der Waals surface area contributed by atoms with E-state index in [0.717, 1.165) is 54.0 Å². The van der Waals surface area contributed by atoms with Gasteiger partial charge in [0.25, 0.3) is 0 Å². The van der Waals surface area contributed by atoms with Crippen molar-refractivity contribution in [1.82, 2.24) is 14.7 Å². The number of aryl methyl sites for hydroxylation is 2. The SMILES string of the molecule is COc1ccc(OC)c([C@H]2CCN(Cc3c(C)nn(C)c3Cl)C2)c1. The summed E-state index contributed by atoms with van der Waals surface area (Å²) >= 11 is 6.37. The van der Waals surface area contributed by atoms with Crippen molar-refractivity contribution in [3.63, 3.8) is 0 Å². The van der Waals surface area contributed by atoms with Crippen LogP contribution in [-0.4, -0.2) is 42.0 Å². The molecular formula is C18H24ClN3O2. The van der Waals surface area contributed by atoms with E-state index in [9.17, 15) is 0 Å². The van der Waals surface area contributed by atoms with Crippen molar-refractivity contribution in [2.24, 2.45) is 7.05 Å². The Morgan fingerprint density at radius 1 is 1.29 bits per heavy atom. The van der Waals surface area contributed by atoms with Crippen LogP contribution in [0.15, 0.2) is 18.2 Å². The molecule has 1 saturated heterocycles. The topological polar surface area (TPSA) is 39.5 Å². The molecule has 5 nitrogen and oxygen atoms in total. The van der Waals surface area contributed by atoms with Gasteiger partial charge < -0.3 is 9.47 Å². The number of rotatable bonds is 5. The van der Waals surface area contributed by atoms with Gasteiger partial charge in [-0.25, -0.2) is 0 Å². The van der Waals surface area contributed by atoms with Gasteiger partial charge >= 0.3 is 0 Å². The number of hydrogen-bond acceptors (Lipinski definition) is 4. The number of nitrogens with zero attached hydrogens (tertiary/aromatic N) is 3. The van der Waals surface area contributed by atoms with Gasteiger partial charge in [0.2, 0.25) is 0 Å². The average Bonchev–Trinajstić information content (AvgIpc) is 3.15. The van der Waals surface area contributed by atoms with Crippen LogP contribution in [-0.2, 0) is 13.6 Å². The number of benzene rings is 1. The molecule has 0 spiro atoms. The summed E-state index contributed by atoms with van der Waals surface area (Å²) in [6, 6.07) is 6.02. The number of likely N-dealkylation sites (tertiary alicyclic amines) is 1. The fourth-order valence-electron chi connectivity index (χ4n) is 3.47. The first-order chi connectivity index (χ1) is 11.5. The molecule has 1 aliphatic heterocycles. The lowest BCUT2D eigenvalue weighted by atomic mass is 9.97. The molecule has 1 aromatic heterocycles. The van der Waals surface area contributed by atoms with E-state index in [0.29, 0.717) is 5.92 Å². The Kier molecular flexibility index (Phi) is 5.01. The molecule has 24 heavy (non-hydrogen) atoms. The maximum Gasteiger partial charge on any atom is 0.131 e. The largest absolute Gasteiger partial charge is 0.497 e. The first kappa shape index (κ1) is 17.1. The minimum absolute atomic E-state index is 0.436. The molecule has 0 radical (unpaired) electrons. The molecule has 1 fully saturated rings. The molecular weight excluding hydrogens is 326 g/mol. The summed E-state index contributed by atoms with van der Waals surface area (Å²) in [4.78, 5) is 2.43. The summed E-state index contributed by atoms with van der Waals surface area (Å²) in [6.45, 7) is 4.87. The predicted octanol–water partition coefficient (Wildman–Crippen LogP) is 3.39. The molecule has 0 N–H and O–H groups in total. The lowest BCUT2D eigenvalue weighted by molar-refractivity contribution is 0.324. The highest BCUT2D eigenvalue weighted by molar-refractivity contribution is 6.30. The van der Waals surface area contributed by atoms with Crippen LogP contribution in [0.2, 0.25) is 5.15 Å². The molecule has 1 aromatic carbocycles. The van der Waals surface area contributed by atoms with E-state index in [2.05, 4.69) is 16.1 Å². The Morgan fingerprint density at radius 3 is 2.71 bits per heavy atom. The summed E-state index contributed by atoms with van der Waals surface area (Å²) < 4.78 is 12.7. The second kappa shape index (κ2) is 7.03. The Hall–Kier alpha value is -1.72. The van der Waals surface area contributed by atoms with Crippen molar-refractivity contribution in [3.05, 3.63) is 40.2 Å². The molecule has 6 heteroatoms. The van der Waals surface area contributed by atoms with E-state index in [1.165, 1.54) is 5.56 Å². The average molecular weight is 350 g/mol. The number of ether oxygens (including phenoxy) is 2. The van der Waals surface area contributed by atoms with Crippen LogP contribution in [0.3, 0.4) is 0 Å². The first-order valence-corrected chi connectivity index (χ1v) is 8.53. The van der Waals surface area contributed by atoms with Gasteiger partial charge in [-0.1, -0.05) is 11.6 Å². The molecule has 2 heterocycles. The van der Waals surface area contributed by atoms with Crippen molar-refractivity contribution in [3.8, 4) is 11.5 Å². The van der Waals surface area contributed by atoms with Crippen LogP contribution in [0, 0.1) is 6.92 Å². The normalized spacial score (nSPS) is 18.1. The molecule has 130 valence electrons. The van der Waals surface area contributed by atoms with Crippen LogP contribution in [0.25, 0.3) is 0 Å². The zero-order chi connectivity index (χ0) is 17.3. The summed E-state index contributed by atoms with van der Waals surface area (Å²) in [5.41, 5.74) is 3.34. The summed E-state index contributed by atoms with van der Waals surface area (Å²) in [7, 11) is 5.29. The molecule has 0 bridgehead atoms. The van der Waals surface area contributed by atoms with Crippen molar-refractivity contribution in [2.45, 2.75) is 25.8 Å². The lowest BCUT2D eigenvalue weighted by Crippen LogP contribution is -2.20. The van der Waals surface area contributed by atoms with Gasteiger partial charge in [-0.2, -0.15) is 5.10 Å². The van der Waals surface area contributed by atoms with Crippen molar-refractivity contribution < 1.29 is 9.47 Å². The minimum atomic E-state index is 0.436. The van der Waals surface area contributed by atoms with E-state index < -0.39 is 0 Å². The maximum absolute atomic E-state index is 6.37. The molecule has 0 unspecified atom stereocenters. The minimum Gasteiger partial charge on any atom is -0.497 e. The third-order valence-corrected chi connectivity index (χ3v) is 5.27. The molecule has 0 amide bonds. The maximum atomic E-state index is 6.37. The Balaban J connectivity index is 1.76. The molecule has 0 aliphatic carbocycles. The van der Waals surface area contributed by atoms with Gasteiger partial charge in [-0.15, -0.1) is 0 Å². The lowest BCUT2D eigenvalue weighted by Gasteiger charge is -2.18. The number of aromatic nitrogens is 2. The Morgan fingerprint density at radius 2 is 2.08 bits per heavy atom. The van der Waals surface area contributed by atoms with Crippen LogP contribution >= 0.6 is 11.6 Å². The van der Waals surface area contributed by atoms with Gasteiger partial charge in [-0.3, -0.25) is 9.58 Å². The monoisotopic (exact) mass is 349 g/mol. The third-order valence-electron chi connectivity index (χ3n) is 4.80. The van der Waals surface area contributed by atoms with E-state index in [1.807, 2.05) is 26.1 Å². The van der Waals surface area contributed by atoms with Gasteiger partial charge in [-0.05, 0) is 38.1 Å². The molecule has 2 aromatic rings.